The molecule has 0 radical (unpaired) electrons. The lowest BCUT2D eigenvalue weighted by molar-refractivity contribution is 0.436. The molecule has 6 heteroatoms. The summed E-state index contributed by atoms with van der Waals surface area (Å²) >= 11 is 0. The van der Waals surface area contributed by atoms with E-state index in [1.54, 1.807) is 0 Å². The maximum Gasteiger partial charge on any atom is 0.160 e. The van der Waals surface area contributed by atoms with Gasteiger partial charge in [0.2, 0.25) is 0 Å². The Morgan fingerprint density at radius 3 is 0.893 bits per heavy atom. The van der Waals surface area contributed by atoms with Gasteiger partial charge in [-0.25, -0.2) is 19.9 Å². The van der Waals surface area contributed by atoms with Gasteiger partial charge in [-0.1, -0.05) is 346 Å². The summed E-state index contributed by atoms with van der Waals surface area (Å²) in [6.07, 6.45) is 0. The molecule has 2 aliphatic heterocycles. The van der Waals surface area contributed by atoms with Crippen LogP contribution in [0.5, 0.6) is 23.0 Å². The van der Waals surface area contributed by atoms with Crippen LogP contribution in [-0.2, 0) is 10.8 Å². The van der Waals surface area contributed by atoms with Crippen LogP contribution in [0.1, 0.15) is 44.5 Å². The largest absolute Gasteiger partial charge is 0.457 e. The quantitative estimate of drug-likeness (QED) is 0.129. The van der Waals surface area contributed by atoms with E-state index in [9.17, 15) is 0 Å². The van der Waals surface area contributed by atoms with E-state index in [1.165, 1.54) is 44.5 Å². The van der Waals surface area contributed by atoms with Crippen molar-refractivity contribution >= 4 is 0 Å². The molecule has 0 atom stereocenters. The standard InChI is InChI=1S/C106H66N4O2/c1-4-25-69(26-5-1)95-65-98(109-103(107-95)71-29-8-3-9-30-71)79-35-24-33-76(61-79)81-37-10-11-38-82(81)77-55-58-94-102(64-77)112-101-63-75(54-57-93(101)106(94)89-45-18-14-41-85(89)86-42-15-19-46-90(86)106)73-32-23-36-80(60-73)104-108-96(70-27-6-2-7-28-70)66-97(110-104)78-34-22-31-72(59-78)67-49-51-68(52-50-67)74-53-56-92-100(62-74)111-99-48-21-20-47-91(99)105(92)87-43-16-12-39-83(87)84-40-13-17-44-88(84)105/h1-66H. The van der Waals surface area contributed by atoms with Crippen molar-refractivity contribution in [3.63, 3.8) is 0 Å². The molecule has 0 saturated carbocycles. The van der Waals surface area contributed by atoms with Crippen LogP contribution >= 0.6 is 0 Å². The van der Waals surface area contributed by atoms with Crippen molar-refractivity contribution in [2.24, 2.45) is 0 Å². The zero-order valence-corrected chi connectivity index (χ0v) is 60.7. The Bertz CT molecular complexity index is 6680. The molecule has 0 unspecified atom stereocenters. The van der Waals surface area contributed by atoms with E-state index >= 15 is 0 Å². The number of benzene rings is 16. The number of aromatic nitrogens is 4. The zero-order valence-electron chi connectivity index (χ0n) is 60.7. The summed E-state index contributed by atoms with van der Waals surface area (Å²) in [5.41, 5.74) is 33.2. The predicted molar refractivity (Wildman–Crippen MR) is 452 cm³/mol. The fourth-order valence-corrected chi connectivity index (χ4v) is 18.2. The Balaban J connectivity index is 0.601. The summed E-state index contributed by atoms with van der Waals surface area (Å²) in [5.74, 6) is 4.65. The number of nitrogens with zero attached hydrogens (tertiary/aromatic N) is 4. The number of fused-ring (bicyclic) bond motifs is 18. The van der Waals surface area contributed by atoms with Gasteiger partial charge in [0, 0.05) is 55.6 Å². The molecule has 0 bridgehead atoms. The molecule has 22 rings (SSSR count). The van der Waals surface area contributed by atoms with Crippen LogP contribution in [0.15, 0.2) is 400 Å². The van der Waals surface area contributed by atoms with Crippen molar-refractivity contribution in [2.45, 2.75) is 10.8 Å². The van der Waals surface area contributed by atoms with Crippen LogP contribution in [0.3, 0.4) is 0 Å². The Hall–Kier alpha value is -14.7. The average Bonchev–Trinajstić information content (AvgIpc) is 1.50. The average molecular weight is 1430 g/mol. The Morgan fingerprint density at radius 2 is 0.420 bits per heavy atom. The van der Waals surface area contributed by atoms with E-state index in [4.69, 9.17) is 29.4 Å². The highest BCUT2D eigenvalue weighted by molar-refractivity contribution is 5.94. The number of hydrogen-bond acceptors (Lipinski definition) is 6. The van der Waals surface area contributed by atoms with Gasteiger partial charge in [-0.05, 0) is 155 Å². The summed E-state index contributed by atoms with van der Waals surface area (Å²) in [5, 5.41) is 0. The van der Waals surface area contributed by atoms with Gasteiger partial charge in [-0.3, -0.25) is 0 Å². The van der Waals surface area contributed by atoms with E-state index < -0.39 is 10.8 Å². The maximum absolute atomic E-state index is 7.47. The Kier molecular flexibility index (Phi) is 15.0. The maximum atomic E-state index is 7.47. The highest BCUT2D eigenvalue weighted by Gasteiger charge is 2.53. The summed E-state index contributed by atoms with van der Waals surface area (Å²) in [7, 11) is 0. The van der Waals surface area contributed by atoms with E-state index in [-0.39, 0.29) is 0 Å². The summed E-state index contributed by atoms with van der Waals surface area (Å²) < 4.78 is 14.4. The second-order valence-corrected chi connectivity index (χ2v) is 29.4. The molecule has 0 saturated heterocycles. The predicted octanol–water partition coefficient (Wildman–Crippen LogP) is 26.5. The van der Waals surface area contributed by atoms with Crippen LogP contribution in [-0.4, -0.2) is 19.9 Å². The Labute approximate surface area is 649 Å². The fourth-order valence-electron chi connectivity index (χ4n) is 18.2. The monoisotopic (exact) mass is 1430 g/mol. The number of hydrogen-bond donors (Lipinski definition) is 0. The molecule has 0 amide bonds. The molecule has 522 valence electrons. The molecule has 0 fully saturated rings. The Morgan fingerprint density at radius 1 is 0.152 bits per heavy atom. The molecule has 6 nitrogen and oxygen atoms in total. The topological polar surface area (TPSA) is 70.0 Å². The molecule has 2 spiro atoms. The lowest BCUT2D eigenvalue weighted by Gasteiger charge is -2.39. The molecule has 112 heavy (non-hydrogen) atoms. The van der Waals surface area contributed by atoms with E-state index in [2.05, 4.69) is 370 Å². The first-order chi connectivity index (χ1) is 55.5. The second-order valence-electron chi connectivity index (χ2n) is 29.4. The molecule has 4 aliphatic rings. The molecular formula is C106H66N4O2. The first-order valence-electron chi connectivity index (χ1n) is 38.2. The summed E-state index contributed by atoms with van der Waals surface area (Å²) in [6.45, 7) is 0. The molecule has 2 aromatic heterocycles. The van der Waals surface area contributed by atoms with Crippen molar-refractivity contribution in [3.8, 4) is 169 Å². The van der Waals surface area contributed by atoms with Crippen LogP contribution in [0, 0.1) is 0 Å². The number of ether oxygens (including phenoxy) is 2. The number of rotatable bonds is 11. The molecule has 18 aromatic rings. The van der Waals surface area contributed by atoms with E-state index in [0.29, 0.717) is 11.6 Å². The minimum absolute atomic E-state index is 0.511. The van der Waals surface area contributed by atoms with E-state index in [0.717, 1.165) is 157 Å². The lowest BCUT2D eigenvalue weighted by Crippen LogP contribution is -2.32. The van der Waals surface area contributed by atoms with Crippen LogP contribution in [0.25, 0.3) is 146 Å². The van der Waals surface area contributed by atoms with Gasteiger partial charge in [-0.15, -0.1) is 0 Å². The summed E-state index contributed by atoms with van der Waals surface area (Å²) in [4.78, 5) is 21.2. The third-order valence-electron chi connectivity index (χ3n) is 23.3. The minimum atomic E-state index is -0.685. The molecular weight excluding hydrogens is 1360 g/mol. The normalized spacial score (nSPS) is 13.1. The van der Waals surface area contributed by atoms with Crippen molar-refractivity contribution in [1.82, 2.24) is 19.9 Å². The van der Waals surface area contributed by atoms with Gasteiger partial charge >= 0.3 is 0 Å². The van der Waals surface area contributed by atoms with E-state index in [1.807, 2.05) is 30.3 Å². The van der Waals surface area contributed by atoms with Crippen LogP contribution in [0.4, 0.5) is 0 Å². The SMILES string of the molecule is c1ccc(-c2cc(-c3cccc(-c4ccccc4-c4ccc5c(c4)Oc4cc(-c6cccc(-c7nc(-c8ccccc8)cc(-c8cccc(-c9ccc(-c%10ccc%11c(c%10)Oc%10ccccc%10C%11%10c%11ccccc%11-c%11ccccc%11%10)cc9)c8)n7)c6)ccc4C54c5ccccc5-c5ccccc54)c3)nc(-c3ccccc3)n2)cc1. The molecule has 16 aromatic carbocycles. The summed E-state index contributed by atoms with van der Waals surface area (Å²) in [6, 6.07) is 143. The fraction of sp³-hybridized carbons (Fsp3) is 0.0189. The third kappa shape index (κ3) is 10.3. The molecule has 4 heterocycles. The van der Waals surface area contributed by atoms with Crippen molar-refractivity contribution in [2.75, 3.05) is 0 Å². The first-order valence-corrected chi connectivity index (χ1v) is 38.2. The van der Waals surface area contributed by atoms with Gasteiger partial charge in [0.25, 0.3) is 0 Å². The molecule has 0 N–H and O–H groups in total. The van der Waals surface area contributed by atoms with Crippen LogP contribution in [0.2, 0.25) is 0 Å². The van der Waals surface area contributed by atoms with Crippen molar-refractivity contribution in [1.29, 1.82) is 0 Å². The third-order valence-corrected chi connectivity index (χ3v) is 23.3. The van der Waals surface area contributed by atoms with Gasteiger partial charge in [-0.2, -0.15) is 0 Å². The first kappa shape index (κ1) is 64.5. The number of para-hydroxylation sites is 1. The lowest BCUT2D eigenvalue weighted by atomic mass is 9.65. The minimum Gasteiger partial charge on any atom is -0.457 e. The van der Waals surface area contributed by atoms with Crippen molar-refractivity contribution in [3.05, 3.63) is 445 Å². The zero-order chi connectivity index (χ0) is 73.9. The molecule has 2 aliphatic carbocycles. The second kappa shape index (κ2) is 26.0. The highest BCUT2D eigenvalue weighted by Crippen LogP contribution is 2.65. The van der Waals surface area contributed by atoms with Crippen molar-refractivity contribution < 1.29 is 9.47 Å². The smallest absolute Gasteiger partial charge is 0.160 e. The van der Waals surface area contributed by atoms with Gasteiger partial charge < -0.3 is 9.47 Å². The van der Waals surface area contributed by atoms with Crippen LogP contribution < -0.4 is 9.47 Å². The van der Waals surface area contributed by atoms with Gasteiger partial charge in [0.1, 0.15) is 23.0 Å². The van der Waals surface area contributed by atoms with Gasteiger partial charge in [0.15, 0.2) is 11.6 Å². The van der Waals surface area contributed by atoms with Gasteiger partial charge in [0.05, 0.1) is 33.6 Å². The highest BCUT2D eigenvalue weighted by atomic mass is 16.5.